The van der Waals surface area contributed by atoms with Crippen molar-refractivity contribution in [3.63, 3.8) is 0 Å². The van der Waals surface area contributed by atoms with Crippen LogP contribution in [-0.2, 0) is 19.6 Å². The number of unbranched alkanes of at least 4 members (excludes halogenated alkanes) is 1. The fourth-order valence-corrected chi connectivity index (χ4v) is 3.30. The first-order valence-corrected chi connectivity index (χ1v) is 9.27. The third-order valence-electron chi connectivity index (χ3n) is 4.48. The Morgan fingerprint density at radius 3 is 2.59 bits per heavy atom. The maximum absolute atomic E-state index is 11.3. The normalized spacial score (nSPS) is 11.1. The maximum atomic E-state index is 11.3. The topological polar surface area (TPSA) is 80.3 Å². The van der Waals surface area contributed by atoms with E-state index in [9.17, 15) is 15.0 Å². The van der Waals surface area contributed by atoms with E-state index in [1.165, 1.54) is 0 Å². The molecule has 2 aromatic heterocycles. The fourth-order valence-electron chi connectivity index (χ4n) is 3.04. The number of aliphatic hydroxyl groups is 1. The molecule has 142 valence electrons. The van der Waals surface area contributed by atoms with Crippen molar-refractivity contribution in [3.05, 3.63) is 70.5 Å². The number of nitrogens with zero attached hydrogens (tertiary/aromatic N) is 3. The van der Waals surface area contributed by atoms with Crippen molar-refractivity contribution in [2.24, 2.45) is 0 Å². The molecule has 0 amide bonds. The van der Waals surface area contributed by atoms with Crippen LogP contribution in [0.3, 0.4) is 0 Å². The average molecular weight is 388 g/mol. The number of aryl methyl sites for hydroxylation is 1. The number of carboxylic acid groups (broad SMARTS) is 1. The van der Waals surface area contributed by atoms with Gasteiger partial charge in [-0.3, -0.25) is 0 Å². The zero-order valence-corrected chi connectivity index (χ0v) is 15.9. The molecule has 3 aromatic rings. The highest BCUT2D eigenvalue weighted by Gasteiger charge is 2.15. The predicted molar refractivity (Wildman–Crippen MR) is 104 cm³/mol. The van der Waals surface area contributed by atoms with E-state index in [-0.39, 0.29) is 12.3 Å². The Kier molecular flexibility index (Phi) is 5.98. The minimum absolute atomic E-state index is 0.185. The Labute approximate surface area is 162 Å². The number of carboxylic acids is 1. The summed E-state index contributed by atoms with van der Waals surface area (Å²) in [5.41, 5.74) is 2.51. The van der Waals surface area contributed by atoms with Gasteiger partial charge in [-0.2, -0.15) is 0 Å². The second-order valence-corrected chi connectivity index (χ2v) is 6.71. The van der Waals surface area contributed by atoms with Gasteiger partial charge in [0.2, 0.25) is 0 Å². The van der Waals surface area contributed by atoms with Gasteiger partial charge in [-0.05, 0) is 36.2 Å². The van der Waals surface area contributed by atoms with Crippen LogP contribution in [0, 0.1) is 0 Å². The highest BCUT2D eigenvalue weighted by Crippen LogP contribution is 2.22. The summed E-state index contributed by atoms with van der Waals surface area (Å²) in [6.45, 7) is 2.48. The van der Waals surface area contributed by atoms with Crippen LogP contribution >= 0.6 is 11.6 Å². The second-order valence-electron chi connectivity index (χ2n) is 6.35. The number of benzene rings is 1. The molecule has 7 heteroatoms. The lowest BCUT2D eigenvalue weighted by atomic mass is 10.2. The Morgan fingerprint density at radius 2 is 1.96 bits per heavy atom. The van der Waals surface area contributed by atoms with Gasteiger partial charge in [0.15, 0.2) is 0 Å². The van der Waals surface area contributed by atoms with Gasteiger partial charge in [0.05, 0.1) is 13.2 Å². The molecule has 0 bridgehead atoms. The molecule has 1 aromatic carbocycles. The van der Waals surface area contributed by atoms with Gasteiger partial charge in [0.25, 0.3) is 0 Å². The molecule has 0 aliphatic rings. The van der Waals surface area contributed by atoms with Crippen molar-refractivity contribution in [3.8, 4) is 5.69 Å². The van der Waals surface area contributed by atoms with Crippen molar-refractivity contribution >= 4 is 17.6 Å². The summed E-state index contributed by atoms with van der Waals surface area (Å²) in [5.74, 6) is -0.0973. The van der Waals surface area contributed by atoms with Gasteiger partial charge in [-0.1, -0.05) is 37.1 Å². The van der Waals surface area contributed by atoms with Gasteiger partial charge >= 0.3 is 5.97 Å². The summed E-state index contributed by atoms with van der Waals surface area (Å²) in [5, 5.41) is 19.2. The molecule has 0 aliphatic carbocycles. The van der Waals surface area contributed by atoms with Gasteiger partial charge in [-0.25, -0.2) is 9.78 Å². The van der Waals surface area contributed by atoms with Crippen LogP contribution in [0.2, 0.25) is 5.15 Å². The molecule has 0 saturated heterocycles. The fraction of sp³-hybridized carbons (Fsp3) is 0.300. The Morgan fingerprint density at radius 1 is 1.22 bits per heavy atom. The standard InChI is InChI=1S/C20H22ClN3O3/c1-2-3-6-18-22-16(13-25)19(21)24(18)12-14-7-9-15(10-8-14)23-11-4-5-17(23)20(26)27/h4-5,7-11,25H,2-3,6,12-13H2,1H3,(H,26,27). The van der Waals surface area contributed by atoms with E-state index in [1.54, 1.807) is 22.9 Å². The van der Waals surface area contributed by atoms with Crippen molar-refractivity contribution < 1.29 is 15.0 Å². The molecule has 0 unspecified atom stereocenters. The monoisotopic (exact) mass is 387 g/mol. The molecule has 2 N–H and O–H groups in total. The van der Waals surface area contributed by atoms with Crippen LogP contribution in [0.4, 0.5) is 0 Å². The highest BCUT2D eigenvalue weighted by atomic mass is 35.5. The van der Waals surface area contributed by atoms with E-state index in [1.807, 2.05) is 28.8 Å². The number of imidazole rings is 1. The van der Waals surface area contributed by atoms with Gasteiger partial charge in [0.1, 0.15) is 22.4 Å². The van der Waals surface area contributed by atoms with Crippen molar-refractivity contribution in [1.82, 2.24) is 14.1 Å². The largest absolute Gasteiger partial charge is 0.477 e. The van der Waals surface area contributed by atoms with Gasteiger partial charge in [-0.15, -0.1) is 0 Å². The first kappa shape index (κ1) is 19.2. The number of hydrogen-bond acceptors (Lipinski definition) is 3. The van der Waals surface area contributed by atoms with Crippen LogP contribution in [0.5, 0.6) is 0 Å². The summed E-state index contributed by atoms with van der Waals surface area (Å²) >= 11 is 6.40. The number of halogens is 1. The molecule has 3 rings (SSSR count). The number of carbonyl (C=O) groups is 1. The zero-order chi connectivity index (χ0) is 19.4. The summed E-state index contributed by atoms with van der Waals surface area (Å²) in [6, 6.07) is 10.9. The van der Waals surface area contributed by atoms with Crippen LogP contribution in [-0.4, -0.2) is 30.3 Å². The van der Waals surface area contributed by atoms with E-state index < -0.39 is 5.97 Å². The number of aromatic nitrogens is 3. The molecular weight excluding hydrogens is 366 g/mol. The molecule has 6 nitrogen and oxygen atoms in total. The Bertz CT molecular complexity index is 929. The second kappa shape index (κ2) is 8.41. The van der Waals surface area contributed by atoms with Crippen molar-refractivity contribution in [1.29, 1.82) is 0 Å². The summed E-state index contributed by atoms with van der Waals surface area (Å²) < 4.78 is 3.56. The quantitative estimate of drug-likeness (QED) is 0.614. The molecule has 2 heterocycles. The predicted octanol–water partition coefficient (Wildman–Crippen LogP) is 3.91. The smallest absolute Gasteiger partial charge is 0.352 e. The maximum Gasteiger partial charge on any atom is 0.352 e. The zero-order valence-electron chi connectivity index (χ0n) is 15.1. The number of hydrogen-bond donors (Lipinski definition) is 2. The third kappa shape index (κ3) is 4.07. The van der Waals surface area contributed by atoms with E-state index >= 15 is 0 Å². The third-order valence-corrected chi connectivity index (χ3v) is 4.90. The van der Waals surface area contributed by atoms with Crippen molar-refractivity contribution in [2.75, 3.05) is 0 Å². The highest BCUT2D eigenvalue weighted by molar-refractivity contribution is 6.30. The lowest BCUT2D eigenvalue weighted by Gasteiger charge is -2.11. The van der Waals surface area contributed by atoms with E-state index in [0.717, 1.165) is 36.3 Å². The molecule has 0 spiro atoms. The number of aliphatic hydroxyl groups excluding tert-OH is 1. The van der Waals surface area contributed by atoms with Crippen LogP contribution < -0.4 is 0 Å². The van der Waals surface area contributed by atoms with E-state index in [4.69, 9.17) is 11.6 Å². The van der Waals surface area contributed by atoms with Crippen LogP contribution in [0.1, 0.15) is 47.3 Å². The molecule has 0 atom stereocenters. The van der Waals surface area contributed by atoms with Crippen LogP contribution in [0.25, 0.3) is 5.69 Å². The Balaban J connectivity index is 1.86. The summed E-state index contributed by atoms with van der Waals surface area (Å²) in [4.78, 5) is 15.8. The SMILES string of the molecule is CCCCc1nc(CO)c(Cl)n1Cc1ccc(-n2cccc2C(=O)O)cc1. The average Bonchev–Trinajstić information content (AvgIpc) is 3.27. The first-order valence-electron chi connectivity index (χ1n) is 8.89. The minimum Gasteiger partial charge on any atom is -0.477 e. The van der Waals surface area contributed by atoms with Gasteiger partial charge < -0.3 is 19.3 Å². The number of rotatable bonds is 8. The lowest BCUT2D eigenvalue weighted by molar-refractivity contribution is 0.0688. The molecule has 27 heavy (non-hydrogen) atoms. The number of aromatic carboxylic acids is 1. The van der Waals surface area contributed by atoms with E-state index in [2.05, 4.69) is 11.9 Å². The summed E-state index contributed by atoms with van der Waals surface area (Å²) in [6.07, 6.45) is 4.58. The minimum atomic E-state index is -0.966. The molecular formula is C20H22ClN3O3. The Hall–Kier alpha value is -2.57. The summed E-state index contributed by atoms with van der Waals surface area (Å²) in [7, 11) is 0. The first-order chi connectivity index (χ1) is 13.0. The van der Waals surface area contributed by atoms with E-state index in [0.29, 0.717) is 17.4 Å². The molecule has 0 radical (unpaired) electrons. The van der Waals surface area contributed by atoms with Crippen molar-refractivity contribution in [2.45, 2.75) is 39.3 Å². The van der Waals surface area contributed by atoms with Crippen LogP contribution in [0.15, 0.2) is 42.6 Å². The lowest BCUT2D eigenvalue weighted by Crippen LogP contribution is -2.07. The molecule has 0 fully saturated rings. The molecule has 0 saturated carbocycles. The molecule has 0 aliphatic heterocycles. The van der Waals surface area contributed by atoms with Gasteiger partial charge in [0, 0.05) is 18.3 Å².